The Kier molecular flexibility index (Phi) is 6.41. The van der Waals surface area contributed by atoms with Gasteiger partial charge in [-0.2, -0.15) is 0 Å². The minimum absolute atomic E-state index is 0.0774. The second-order valence-corrected chi connectivity index (χ2v) is 8.18. The number of nitrogens with one attached hydrogen (secondary N) is 1. The van der Waals surface area contributed by atoms with E-state index in [1.54, 1.807) is 4.90 Å². The molecule has 25 heavy (non-hydrogen) atoms. The Labute approximate surface area is 165 Å². The fourth-order valence-electron chi connectivity index (χ4n) is 2.80. The zero-order chi connectivity index (χ0) is 17.6. The monoisotopic (exact) mass is 469 g/mol. The molecule has 0 bridgehead atoms. The first kappa shape index (κ1) is 18.3. The number of carbonyl (C=O) groups is 2. The smallest absolute Gasteiger partial charge is 0.245 e. The van der Waals surface area contributed by atoms with E-state index < -0.39 is 0 Å². The minimum Gasteiger partial charge on any atom is -0.333 e. The van der Waals surface area contributed by atoms with Gasteiger partial charge in [0, 0.05) is 27.5 Å². The third kappa shape index (κ3) is 5.24. The van der Waals surface area contributed by atoms with Crippen LogP contribution < -0.4 is 5.32 Å². The second-order valence-electron chi connectivity index (χ2n) is 6.07. The predicted octanol–water partition coefficient (Wildman–Crippen LogP) is 4.15. The van der Waals surface area contributed by atoms with Gasteiger partial charge in [0.1, 0.15) is 0 Å². The number of thiazole rings is 1. The van der Waals surface area contributed by atoms with Crippen molar-refractivity contribution in [3.63, 3.8) is 0 Å². The van der Waals surface area contributed by atoms with Crippen LogP contribution in [0.25, 0.3) is 11.3 Å². The zero-order valence-corrected chi connectivity index (χ0v) is 16.8. The van der Waals surface area contributed by atoms with Crippen LogP contribution in [-0.4, -0.2) is 34.8 Å². The van der Waals surface area contributed by atoms with Crippen molar-refractivity contribution < 1.29 is 9.59 Å². The molecule has 132 valence electrons. The van der Waals surface area contributed by atoms with E-state index in [1.807, 2.05) is 29.6 Å². The first-order valence-electron chi connectivity index (χ1n) is 8.41. The molecule has 0 aliphatic carbocycles. The van der Waals surface area contributed by atoms with Gasteiger partial charge in [0.05, 0.1) is 12.2 Å². The summed E-state index contributed by atoms with van der Waals surface area (Å²) >= 11 is 3.66. The first-order valence-corrected chi connectivity index (χ1v) is 10.4. The predicted molar refractivity (Wildman–Crippen MR) is 109 cm³/mol. The van der Waals surface area contributed by atoms with E-state index in [1.165, 1.54) is 14.9 Å². The normalized spacial score (nSPS) is 15.6. The Morgan fingerprint density at radius 1 is 1.20 bits per heavy atom. The zero-order valence-electron chi connectivity index (χ0n) is 13.8. The molecule has 2 aromatic rings. The van der Waals surface area contributed by atoms with Crippen LogP contribution in [0.15, 0.2) is 29.6 Å². The molecule has 0 saturated carbocycles. The van der Waals surface area contributed by atoms with Crippen LogP contribution in [-0.2, 0) is 9.59 Å². The average Bonchev–Trinajstić information content (AvgIpc) is 3.03. The molecule has 1 aromatic heterocycles. The molecule has 1 fully saturated rings. The number of amides is 2. The highest BCUT2D eigenvalue weighted by Gasteiger charge is 2.19. The minimum atomic E-state index is -0.183. The van der Waals surface area contributed by atoms with Crippen LogP contribution >= 0.6 is 33.9 Å². The Morgan fingerprint density at radius 2 is 1.96 bits per heavy atom. The molecule has 0 atom stereocenters. The SMILES string of the molecule is O=C(CN1CCCCCCC1=O)Nc1nc(-c2ccc(I)cc2)cs1. The molecule has 1 saturated heterocycles. The highest BCUT2D eigenvalue weighted by Crippen LogP contribution is 2.25. The van der Waals surface area contributed by atoms with Gasteiger partial charge >= 0.3 is 0 Å². The molecule has 5 nitrogen and oxygen atoms in total. The van der Waals surface area contributed by atoms with Crippen molar-refractivity contribution in [2.45, 2.75) is 32.1 Å². The van der Waals surface area contributed by atoms with Crippen molar-refractivity contribution in [1.29, 1.82) is 0 Å². The van der Waals surface area contributed by atoms with E-state index in [0.717, 1.165) is 36.9 Å². The van der Waals surface area contributed by atoms with Gasteiger partial charge in [-0.15, -0.1) is 11.3 Å². The molecule has 0 radical (unpaired) electrons. The van der Waals surface area contributed by atoms with Gasteiger partial charge < -0.3 is 10.2 Å². The molecule has 7 heteroatoms. The van der Waals surface area contributed by atoms with E-state index in [4.69, 9.17) is 0 Å². The van der Waals surface area contributed by atoms with Crippen LogP contribution in [0.3, 0.4) is 0 Å². The maximum Gasteiger partial charge on any atom is 0.245 e. The average molecular weight is 469 g/mol. The van der Waals surface area contributed by atoms with Gasteiger partial charge in [0.2, 0.25) is 11.8 Å². The lowest BCUT2D eigenvalue weighted by atomic mass is 10.1. The Hall–Kier alpha value is -1.48. The van der Waals surface area contributed by atoms with Crippen molar-refractivity contribution in [3.8, 4) is 11.3 Å². The van der Waals surface area contributed by atoms with Crippen molar-refractivity contribution in [1.82, 2.24) is 9.88 Å². The molecule has 1 aromatic carbocycles. The highest BCUT2D eigenvalue weighted by molar-refractivity contribution is 14.1. The van der Waals surface area contributed by atoms with Crippen LogP contribution in [0.2, 0.25) is 0 Å². The van der Waals surface area contributed by atoms with E-state index in [0.29, 0.717) is 18.1 Å². The number of carbonyl (C=O) groups excluding carboxylic acids is 2. The highest BCUT2D eigenvalue weighted by atomic mass is 127. The van der Waals surface area contributed by atoms with Crippen LogP contribution in [0.1, 0.15) is 32.1 Å². The fourth-order valence-corrected chi connectivity index (χ4v) is 3.89. The summed E-state index contributed by atoms with van der Waals surface area (Å²) in [6, 6.07) is 8.09. The third-order valence-corrected chi connectivity index (χ3v) is 5.62. The van der Waals surface area contributed by atoms with Gasteiger partial charge in [0.25, 0.3) is 0 Å². The lowest BCUT2D eigenvalue weighted by Crippen LogP contribution is -2.39. The molecule has 2 amide bonds. The maximum absolute atomic E-state index is 12.3. The molecule has 3 rings (SSSR count). The molecule has 1 aliphatic rings. The van der Waals surface area contributed by atoms with Gasteiger partial charge in [0.15, 0.2) is 5.13 Å². The Bertz CT molecular complexity index is 745. The lowest BCUT2D eigenvalue weighted by molar-refractivity contribution is -0.135. The van der Waals surface area contributed by atoms with Gasteiger partial charge in [-0.25, -0.2) is 4.98 Å². The van der Waals surface area contributed by atoms with Crippen molar-refractivity contribution in [3.05, 3.63) is 33.2 Å². The molecular weight excluding hydrogens is 449 g/mol. The quantitative estimate of drug-likeness (QED) is 0.685. The van der Waals surface area contributed by atoms with E-state index in [-0.39, 0.29) is 18.4 Å². The Balaban J connectivity index is 1.59. The van der Waals surface area contributed by atoms with Crippen molar-refractivity contribution >= 4 is 50.9 Å². The summed E-state index contributed by atoms with van der Waals surface area (Å²) < 4.78 is 1.17. The van der Waals surface area contributed by atoms with Gasteiger partial charge in [-0.05, 0) is 47.6 Å². The fraction of sp³-hybridized carbons (Fsp3) is 0.389. The van der Waals surface area contributed by atoms with E-state index in [2.05, 4.69) is 32.9 Å². The number of halogens is 1. The third-order valence-electron chi connectivity index (χ3n) is 4.15. The van der Waals surface area contributed by atoms with Crippen molar-refractivity contribution in [2.75, 3.05) is 18.4 Å². The first-order chi connectivity index (χ1) is 12.1. The number of rotatable bonds is 4. The topological polar surface area (TPSA) is 62.3 Å². The number of nitrogens with zero attached hydrogens (tertiary/aromatic N) is 2. The van der Waals surface area contributed by atoms with E-state index in [9.17, 15) is 9.59 Å². The summed E-state index contributed by atoms with van der Waals surface area (Å²) in [5.74, 6) is -0.106. The molecule has 1 aliphatic heterocycles. The van der Waals surface area contributed by atoms with Gasteiger partial charge in [-0.3, -0.25) is 9.59 Å². The number of benzene rings is 1. The summed E-state index contributed by atoms with van der Waals surface area (Å²) in [6.45, 7) is 0.773. The summed E-state index contributed by atoms with van der Waals surface area (Å²) in [4.78, 5) is 30.5. The summed E-state index contributed by atoms with van der Waals surface area (Å²) in [5, 5.41) is 5.32. The molecule has 1 N–H and O–H groups in total. The van der Waals surface area contributed by atoms with Crippen LogP contribution in [0.5, 0.6) is 0 Å². The number of hydrogen-bond acceptors (Lipinski definition) is 4. The summed E-state index contributed by atoms with van der Waals surface area (Å²) in [6.07, 6.45) is 4.65. The van der Waals surface area contributed by atoms with Crippen LogP contribution in [0.4, 0.5) is 5.13 Å². The number of hydrogen-bond donors (Lipinski definition) is 1. The van der Waals surface area contributed by atoms with Crippen LogP contribution in [0, 0.1) is 3.57 Å². The van der Waals surface area contributed by atoms with E-state index >= 15 is 0 Å². The number of aromatic nitrogens is 1. The summed E-state index contributed by atoms with van der Waals surface area (Å²) in [7, 11) is 0. The Morgan fingerprint density at radius 3 is 2.76 bits per heavy atom. The number of anilines is 1. The molecule has 2 heterocycles. The maximum atomic E-state index is 12.3. The molecular formula is C18H20IN3O2S. The molecule has 0 unspecified atom stereocenters. The lowest BCUT2D eigenvalue weighted by Gasteiger charge is -2.23. The summed E-state index contributed by atoms with van der Waals surface area (Å²) in [5.41, 5.74) is 1.87. The second kappa shape index (κ2) is 8.75. The largest absolute Gasteiger partial charge is 0.333 e. The number of likely N-dealkylation sites (tertiary alicyclic amines) is 1. The molecule has 0 spiro atoms. The standard InChI is InChI=1S/C18H20IN3O2S/c19-14-8-6-13(7-9-14)15-12-25-18(20-15)21-16(23)11-22-10-4-2-1-3-5-17(22)24/h6-9,12H,1-5,10-11H2,(H,20,21,23). The van der Waals surface area contributed by atoms with Gasteiger partial charge in [-0.1, -0.05) is 25.0 Å². The van der Waals surface area contributed by atoms with Crippen molar-refractivity contribution in [2.24, 2.45) is 0 Å².